The molecule has 1 unspecified atom stereocenters. The Bertz CT molecular complexity index is 385. The minimum Gasteiger partial charge on any atom is -0.0622 e. The summed E-state index contributed by atoms with van der Waals surface area (Å²) in [5.41, 5.74) is 1.45. The first-order valence-electron chi connectivity index (χ1n) is 9.55. The van der Waals surface area contributed by atoms with E-state index in [1.165, 1.54) is 25.7 Å². The van der Waals surface area contributed by atoms with E-state index in [0.717, 1.165) is 40.4 Å². The minimum atomic E-state index is 0.721. The highest BCUT2D eigenvalue weighted by Gasteiger charge is 2.58. The van der Waals surface area contributed by atoms with Gasteiger partial charge in [0.1, 0.15) is 0 Å². The highest BCUT2D eigenvalue weighted by molar-refractivity contribution is 5.07. The highest BCUT2D eigenvalue weighted by Crippen LogP contribution is 2.67. The van der Waals surface area contributed by atoms with Crippen LogP contribution in [0.2, 0.25) is 0 Å². The SMILES string of the molecule is CC1CC[C@@]2(C)CC[C@H]3[C@@H](CC[C@H]4CCCC[C@@]43C)[C@H]12. The average molecular weight is 274 g/mol. The molecule has 20 heavy (non-hydrogen) atoms. The monoisotopic (exact) mass is 274 g/mol. The number of hydrogen-bond donors (Lipinski definition) is 0. The Kier molecular flexibility index (Phi) is 3.07. The first kappa shape index (κ1) is 13.6. The van der Waals surface area contributed by atoms with Gasteiger partial charge in [0.05, 0.1) is 0 Å². The van der Waals surface area contributed by atoms with Crippen molar-refractivity contribution < 1.29 is 0 Å². The molecule has 0 heterocycles. The van der Waals surface area contributed by atoms with Gasteiger partial charge >= 0.3 is 0 Å². The van der Waals surface area contributed by atoms with Crippen molar-refractivity contribution in [2.24, 2.45) is 40.4 Å². The summed E-state index contributed by atoms with van der Waals surface area (Å²) in [5, 5.41) is 0. The topological polar surface area (TPSA) is 0 Å². The maximum Gasteiger partial charge on any atom is -0.0266 e. The van der Waals surface area contributed by atoms with E-state index in [-0.39, 0.29) is 0 Å². The van der Waals surface area contributed by atoms with Gasteiger partial charge in [-0.3, -0.25) is 0 Å². The number of hydrogen-bond acceptors (Lipinski definition) is 0. The van der Waals surface area contributed by atoms with Crippen molar-refractivity contribution >= 4 is 0 Å². The second-order valence-corrected chi connectivity index (χ2v) is 9.53. The first-order valence-corrected chi connectivity index (χ1v) is 9.55. The summed E-state index contributed by atoms with van der Waals surface area (Å²) in [5.74, 6) is 5.34. The number of fused-ring (bicyclic) bond motifs is 5. The van der Waals surface area contributed by atoms with Gasteiger partial charge in [-0.2, -0.15) is 0 Å². The summed E-state index contributed by atoms with van der Waals surface area (Å²) in [6.07, 6.45) is 15.5. The molecule has 0 aromatic carbocycles. The fourth-order valence-electron chi connectivity index (χ4n) is 7.76. The summed E-state index contributed by atoms with van der Waals surface area (Å²) < 4.78 is 0. The molecule has 0 bridgehead atoms. The molecule has 0 amide bonds. The Morgan fingerprint density at radius 1 is 0.800 bits per heavy atom. The maximum atomic E-state index is 2.70. The molecular weight excluding hydrogens is 240 g/mol. The fourth-order valence-corrected chi connectivity index (χ4v) is 7.76. The fraction of sp³-hybridized carbons (Fsp3) is 1.00. The molecule has 7 atom stereocenters. The van der Waals surface area contributed by atoms with Crippen LogP contribution in [-0.2, 0) is 0 Å². The zero-order chi connectivity index (χ0) is 14.0. The zero-order valence-electron chi connectivity index (χ0n) is 14.0. The molecule has 0 aliphatic heterocycles. The van der Waals surface area contributed by atoms with Gasteiger partial charge in [0.25, 0.3) is 0 Å². The lowest BCUT2D eigenvalue weighted by molar-refractivity contribution is -0.110. The Morgan fingerprint density at radius 2 is 1.60 bits per heavy atom. The van der Waals surface area contributed by atoms with Crippen molar-refractivity contribution in [3.8, 4) is 0 Å². The van der Waals surface area contributed by atoms with Crippen LogP contribution < -0.4 is 0 Å². The van der Waals surface area contributed by atoms with E-state index in [0.29, 0.717) is 0 Å². The summed E-state index contributed by atoms with van der Waals surface area (Å²) >= 11 is 0. The van der Waals surface area contributed by atoms with E-state index >= 15 is 0 Å². The second kappa shape index (κ2) is 4.50. The van der Waals surface area contributed by atoms with E-state index in [1.54, 1.807) is 38.5 Å². The summed E-state index contributed by atoms with van der Waals surface area (Å²) in [6.45, 7) is 7.93. The first-order chi connectivity index (χ1) is 9.55. The van der Waals surface area contributed by atoms with Gasteiger partial charge in [0.2, 0.25) is 0 Å². The van der Waals surface area contributed by atoms with Gasteiger partial charge in [-0.1, -0.05) is 33.6 Å². The molecular formula is C20H34. The van der Waals surface area contributed by atoms with Gasteiger partial charge in [-0.25, -0.2) is 0 Å². The predicted octanol–water partition coefficient (Wildman–Crippen LogP) is 6.06. The molecule has 0 heteroatoms. The van der Waals surface area contributed by atoms with Crippen LogP contribution in [0, 0.1) is 40.4 Å². The largest absolute Gasteiger partial charge is 0.0622 e. The molecule has 4 aliphatic carbocycles. The summed E-state index contributed by atoms with van der Waals surface area (Å²) in [4.78, 5) is 0. The maximum absolute atomic E-state index is 2.70. The van der Waals surface area contributed by atoms with Crippen LogP contribution in [0.4, 0.5) is 0 Å². The quantitative estimate of drug-likeness (QED) is 0.504. The smallest absolute Gasteiger partial charge is 0.0266 e. The third-order valence-electron chi connectivity index (χ3n) is 8.74. The summed E-state index contributed by atoms with van der Waals surface area (Å²) in [6, 6.07) is 0. The van der Waals surface area contributed by atoms with Crippen LogP contribution in [0.1, 0.15) is 85.0 Å². The second-order valence-electron chi connectivity index (χ2n) is 9.53. The average Bonchev–Trinajstić information content (AvgIpc) is 2.74. The molecule has 4 aliphatic rings. The third kappa shape index (κ3) is 1.72. The Hall–Kier alpha value is 0. The molecule has 0 spiro atoms. The van der Waals surface area contributed by atoms with Crippen LogP contribution in [0.15, 0.2) is 0 Å². The highest BCUT2D eigenvalue weighted by atomic mass is 14.6. The van der Waals surface area contributed by atoms with Crippen LogP contribution in [0.3, 0.4) is 0 Å². The number of rotatable bonds is 0. The molecule has 4 rings (SSSR count). The molecule has 0 aromatic heterocycles. The van der Waals surface area contributed by atoms with Crippen molar-refractivity contribution in [3.05, 3.63) is 0 Å². The van der Waals surface area contributed by atoms with Gasteiger partial charge < -0.3 is 0 Å². The van der Waals surface area contributed by atoms with Gasteiger partial charge in [-0.05, 0) is 91.8 Å². The van der Waals surface area contributed by atoms with Crippen molar-refractivity contribution in [3.63, 3.8) is 0 Å². The molecule has 0 N–H and O–H groups in total. The van der Waals surface area contributed by atoms with Crippen molar-refractivity contribution in [1.29, 1.82) is 0 Å². The van der Waals surface area contributed by atoms with E-state index in [1.807, 2.05) is 0 Å². The Morgan fingerprint density at radius 3 is 2.45 bits per heavy atom. The summed E-state index contributed by atoms with van der Waals surface area (Å²) in [7, 11) is 0. The lowest BCUT2D eigenvalue weighted by atomic mass is 9.45. The lowest BCUT2D eigenvalue weighted by Gasteiger charge is -2.60. The van der Waals surface area contributed by atoms with E-state index in [2.05, 4.69) is 20.8 Å². The molecule has 0 radical (unpaired) electrons. The van der Waals surface area contributed by atoms with Gasteiger partial charge in [0.15, 0.2) is 0 Å². The minimum absolute atomic E-state index is 0.721. The molecule has 4 fully saturated rings. The van der Waals surface area contributed by atoms with E-state index < -0.39 is 0 Å². The third-order valence-corrected chi connectivity index (χ3v) is 8.74. The van der Waals surface area contributed by atoms with E-state index in [4.69, 9.17) is 0 Å². The van der Waals surface area contributed by atoms with Crippen LogP contribution >= 0.6 is 0 Å². The molecule has 4 saturated carbocycles. The lowest BCUT2D eigenvalue weighted by Crippen LogP contribution is -2.52. The van der Waals surface area contributed by atoms with Crippen molar-refractivity contribution in [2.75, 3.05) is 0 Å². The van der Waals surface area contributed by atoms with Crippen LogP contribution in [-0.4, -0.2) is 0 Å². The van der Waals surface area contributed by atoms with Crippen molar-refractivity contribution in [2.45, 2.75) is 85.0 Å². The van der Waals surface area contributed by atoms with Crippen LogP contribution in [0.25, 0.3) is 0 Å². The van der Waals surface area contributed by atoms with E-state index in [9.17, 15) is 0 Å². The van der Waals surface area contributed by atoms with Gasteiger partial charge in [0, 0.05) is 0 Å². The predicted molar refractivity (Wildman–Crippen MR) is 85.5 cm³/mol. The Labute approximate surface area is 126 Å². The standard InChI is InChI=1S/C20H34/c1-14-9-12-19(2)13-10-17-16(18(14)19)8-7-15-6-4-5-11-20(15,17)3/h14-18H,4-13H2,1-3H3/t14?,15-,16-,17+,18+,19+,20+/m1/s1. The molecule has 0 nitrogen and oxygen atoms in total. The molecule has 114 valence electrons. The Balaban J connectivity index is 1.66. The molecule has 0 aromatic rings. The zero-order valence-corrected chi connectivity index (χ0v) is 14.0. The normalized spacial score (nSPS) is 58.6. The van der Waals surface area contributed by atoms with Gasteiger partial charge in [-0.15, -0.1) is 0 Å². The van der Waals surface area contributed by atoms with Crippen molar-refractivity contribution in [1.82, 2.24) is 0 Å². The van der Waals surface area contributed by atoms with Crippen LogP contribution in [0.5, 0.6) is 0 Å². The molecule has 0 saturated heterocycles.